The molecule has 3 rings (SSSR count). The van der Waals surface area contributed by atoms with E-state index in [0.717, 1.165) is 16.3 Å². The first-order chi connectivity index (χ1) is 11.8. The minimum Gasteiger partial charge on any atom is -0.497 e. The number of methoxy groups -OCH3 is 1. The summed E-state index contributed by atoms with van der Waals surface area (Å²) in [5.74, 6) is 1.32. The zero-order valence-corrected chi connectivity index (χ0v) is 14.7. The molecule has 0 bridgehead atoms. The fourth-order valence-electron chi connectivity index (χ4n) is 2.14. The molecular formula is C18H16N2O2S2. The Bertz CT molecular complexity index is 819. The molecule has 0 radical (unpaired) electrons. The molecule has 0 spiro atoms. The van der Waals surface area contributed by atoms with Crippen LogP contribution in [0.2, 0.25) is 0 Å². The molecular weight excluding hydrogens is 340 g/mol. The summed E-state index contributed by atoms with van der Waals surface area (Å²) in [6.45, 7) is 0. The van der Waals surface area contributed by atoms with Gasteiger partial charge in [0.15, 0.2) is 0 Å². The summed E-state index contributed by atoms with van der Waals surface area (Å²) in [6, 6.07) is 14.9. The van der Waals surface area contributed by atoms with E-state index >= 15 is 0 Å². The van der Waals surface area contributed by atoms with Crippen molar-refractivity contribution in [3.63, 3.8) is 0 Å². The number of aromatic nitrogens is 1. The predicted octanol–water partition coefficient (Wildman–Crippen LogP) is 4.70. The molecule has 0 aliphatic rings. The highest BCUT2D eigenvalue weighted by atomic mass is 32.2. The number of carbonyl (C=O) groups is 1. The van der Waals surface area contributed by atoms with Gasteiger partial charge in [-0.15, -0.1) is 23.1 Å². The topological polar surface area (TPSA) is 51.2 Å². The highest BCUT2D eigenvalue weighted by Gasteiger charge is 2.12. The summed E-state index contributed by atoms with van der Waals surface area (Å²) in [6.07, 6.45) is 0. The van der Waals surface area contributed by atoms with Crippen LogP contribution in [0.5, 0.6) is 5.75 Å². The number of anilines is 1. The van der Waals surface area contributed by atoms with Crippen LogP contribution in [0.3, 0.4) is 0 Å². The molecule has 0 unspecified atom stereocenters. The zero-order chi connectivity index (χ0) is 16.8. The van der Waals surface area contributed by atoms with E-state index in [1.807, 2.05) is 53.4 Å². The summed E-state index contributed by atoms with van der Waals surface area (Å²) in [5, 5.41) is 4.94. The molecule has 0 aliphatic carbocycles. The van der Waals surface area contributed by atoms with Gasteiger partial charge in [-0.25, -0.2) is 4.98 Å². The van der Waals surface area contributed by atoms with E-state index in [0.29, 0.717) is 17.0 Å². The predicted molar refractivity (Wildman–Crippen MR) is 99.1 cm³/mol. The Morgan fingerprint density at radius 3 is 2.92 bits per heavy atom. The van der Waals surface area contributed by atoms with E-state index in [4.69, 9.17) is 4.74 Å². The van der Waals surface area contributed by atoms with Crippen LogP contribution in [-0.2, 0) is 5.75 Å². The summed E-state index contributed by atoms with van der Waals surface area (Å²) in [4.78, 5) is 17.8. The Morgan fingerprint density at radius 1 is 1.25 bits per heavy atom. The number of benzene rings is 2. The lowest BCUT2D eigenvalue weighted by Gasteiger charge is -2.10. The van der Waals surface area contributed by atoms with E-state index in [1.165, 1.54) is 0 Å². The van der Waals surface area contributed by atoms with Gasteiger partial charge in [0.2, 0.25) is 0 Å². The summed E-state index contributed by atoms with van der Waals surface area (Å²) in [7, 11) is 1.60. The van der Waals surface area contributed by atoms with E-state index in [1.54, 1.807) is 36.3 Å². The maximum atomic E-state index is 12.6. The molecule has 0 saturated heterocycles. The second-order valence-electron chi connectivity index (χ2n) is 4.95. The smallest absolute Gasteiger partial charge is 0.256 e. The number of carbonyl (C=O) groups excluding carboxylic acids is 1. The van der Waals surface area contributed by atoms with Crippen molar-refractivity contribution in [1.29, 1.82) is 0 Å². The van der Waals surface area contributed by atoms with Crippen LogP contribution in [-0.4, -0.2) is 18.0 Å². The Morgan fingerprint density at radius 2 is 2.12 bits per heavy atom. The molecule has 6 heteroatoms. The van der Waals surface area contributed by atoms with Gasteiger partial charge in [-0.05, 0) is 24.3 Å². The standard InChI is InChI=1S/C18H16N2O2S2/c1-22-15-6-4-5-13(9-15)20-18(21)16-7-2-3-8-17(16)24-11-14-10-23-12-19-14/h2-10,12H,11H2,1H3,(H,20,21). The number of thiazole rings is 1. The Hall–Kier alpha value is -2.31. The fourth-order valence-corrected chi connectivity index (χ4v) is 3.76. The Balaban J connectivity index is 1.74. The van der Waals surface area contributed by atoms with E-state index in [9.17, 15) is 4.79 Å². The van der Waals surface area contributed by atoms with Gasteiger partial charge in [-0.1, -0.05) is 18.2 Å². The number of hydrogen-bond donors (Lipinski definition) is 1. The van der Waals surface area contributed by atoms with Crippen LogP contribution in [0.15, 0.2) is 64.3 Å². The average molecular weight is 356 g/mol. The third-order valence-electron chi connectivity index (χ3n) is 3.32. The zero-order valence-electron chi connectivity index (χ0n) is 13.1. The van der Waals surface area contributed by atoms with Crippen molar-refractivity contribution >= 4 is 34.7 Å². The molecule has 1 heterocycles. The van der Waals surface area contributed by atoms with Gasteiger partial charge >= 0.3 is 0 Å². The second-order valence-corrected chi connectivity index (χ2v) is 6.69. The molecule has 1 amide bonds. The summed E-state index contributed by atoms with van der Waals surface area (Å²) < 4.78 is 5.18. The molecule has 24 heavy (non-hydrogen) atoms. The number of thioether (sulfide) groups is 1. The molecule has 0 saturated carbocycles. The lowest BCUT2D eigenvalue weighted by molar-refractivity contribution is 0.102. The number of amides is 1. The van der Waals surface area contributed by atoms with Gasteiger partial charge in [0.05, 0.1) is 23.9 Å². The van der Waals surface area contributed by atoms with Gasteiger partial charge in [-0.3, -0.25) is 4.79 Å². The lowest BCUT2D eigenvalue weighted by Crippen LogP contribution is -2.13. The van der Waals surface area contributed by atoms with Crippen molar-refractivity contribution in [3.05, 3.63) is 70.7 Å². The lowest BCUT2D eigenvalue weighted by atomic mass is 10.2. The maximum absolute atomic E-state index is 12.6. The number of ether oxygens (including phenoxy) is 1. The van der Waals surface area contributed by atoms with Crippen LogP contribution in [0.25, 0.3) is 0 Å². The van der Waals surface area contributed by atoms with Crippen molar-refractivity contribution in [2.45, 2.75) is 10.6 Å². The van der Waals surface area contributed by atoms with Crippen molar-refractivity contribution < 1.29 is 9.53 Å². The van der Waals surface area contributed by atoms with Crippen LogP contribution in [0, 0.1) is 0 Å². The van der Waals surface area contributed by atoms with Crippen molar-refractivity contribution in [2.75, 3.05) is 12.4 Å². The van der Waals surface area contributed by atoms with Crippen LogP contribution in [0.4, 0.5) is 5.69 Å². The third kappa shape index (κ3) is 4.15. The highest BCUT2D eigenvalue weighted by Crippen LogP contribution is 2.27. The first-order valence-corrected chi connectivity index (χ1v) is 9.23. The molecule has 0 atom stereocenters. The number of nitrogens with one attached hydrogen (secondary N) is 1. The van der Waals surface area contributed by atoms with Crippen LogP contribution in [0.1, 0.15) is 16.1 Å². The normalized spacial score (nSPS) is 10.4. The molecule has 0 fully saturated rings. The first-order valence-electron chi connectivity index (χ1n) is 7.30. The highest BCUT2D eigenvalue weighted by molar-refractivity contribution is 7.98. The van der Waals surface area contributed by atoms with Gasteiger partial charge in [-0.2, -0.15) is 0 Å². The molecule has 4 nitrogen and oxygen atoms in total. The first kappa shape index (κ1) is 16.5. The molecule has 122 valence electrons. The molecule has 3 aromatic rings. The van der Waals surface area contributed by atoms with Gasteiger partial charge in [0.1, 0.15) is 5.75 Å². The number of nitrogens with zero attached hydrogens (tertiary/aromatic N) is 1. The Kier molecular flexibility index (Phi) is 5.51. The van der Waals surface area contributed by atoms with Crippen molar-refractivity contribution in [2.24, 2.45) is 0 Å². The van der Waals surface area contributed by atoms with Crippen LogP contribution >= 0.6 is 23.1 Å². The SMILES string of the molecule is COc1cccc(NC(=O)c2ccccc2SCc2cscn2)c1. The number of rotatable bonds is 6. The molecule has 0 aliphatic heterocycles. The summed E-state index contributed by atoms with van der Waals surface area (Å²) >= 11 is 3.18. The molecule has 2 aromatic carbocycles. The minimum atomic E-state index is -0.135. The fraction of sp³-hybridized carbons (Fsp3) is 0.111. The largest absolute Gasteiger partial charge is 0.497 e. The van der Waals surface area contributed by atoms with Gasteiger partial charge in [0, 0.05) is 27.8 Å². The van der Waals surface area contributed by atoms with Crippen LogP contribution < -0.4 is 10.1 Å². The number of hydrogen-bond acceptors (Lipinski definition) is 5. The van der Waals surface area contributed by atoms with E-state index in [2.05, 4.69) is 10.3 Å². The van der Waals surface area contributed by atoms with Gasteiger partial charge < -0.3 is 10.1 Å². The quantitative estimate of drug-likeness (QED) is 0.651. The van der Waals surface area contributed by atoms with E-state index in [-0.39, 0.29) is 5.91 Å². The van der Waals surface area contributed by atoms with E-state index < -0.39 is 0 Å². The van der Waals surface area contributed by atoms with Gasteiger partial charge in [0.25, 0.3) is 5.91 Å². The maximum Gasteiger partial charge on any atom is 0.256 e. The van der Waals surface area contributed by atoms with Crippen molar-refractivity contribution in [1.82, 2.24) is 4.98 Å². The molecule has 1 aromatic heterocycles. The van der Waals surface area contributed by atoms with Crippen molar-refractivity contribution in [3.8, 4) is 5.75 Å². The third-order valence-corrected chi connectivity index (χ3v) is 5.06. The summed E-state index contributed by atoms with van der Waals surface area (Å²) in [5.41, 5.74) is 4.20. The minimum absolute atomic E-state index is 0.135. The monoisotopic (exact) mass is 356 g/mol. The Labute approximate surface area is 148 Å². The second kappa shape index (κ2) is 7.99. The average Bonchev–Trinajstić information content (AvgIpc) is 3.14. The molecule has 1 N–H and O–H groups in total.